The van der Waals surface area contributed by atoms with E-state index in [-0.39, 0.29) is 5.91 Å². The Hall–Kier alpha value is -1.84. The summed E-state index contributed by atoms with van der Waals surface area (Å²) in [5, 5.41) is 0. The van der Waals surface area contributed by atoms with E-state index in [0.29, 0.717) is 12.6 Å². The van der Waals surface area contributed by atoms with Gasteiger partial charge in [0.25, 0.3) is 0 Å². The number of hydrogen-bond acceptors (Lipinski definition) is 2. The fourth-order valence-corrected chi connectivity index (χ4v) is 2.48. The third-order valence-corrected chi connectivity index (χ3v) is 3.83. The number of hydrogen-bond donors (Lipinski definition) is 0. The van der Waals surface area contributed by atoms with Crippen LogP contribution < -0.4 is 0 Å². The number of aromatic nitrogens is 2. The highest BCUT2D eigenvalue weighted by atomic mass is 16.2. The van der Waals surface area contributed by atoms with Gasteiger partial charge in [0.05, 0.1) is 11.0 Å². The molecule has 1 aliphatic rings. The van der Waals surface area contributed by atoms with E-state index in [1.807, 2.05) is 36.2 Å². The molecule has 19 heavy (non-hydrogen) atoms. The third kappa shape index (κ3) is 2.23. The van der Waals surface area contributed by atoms with Crippen LogP contribution >= 0.6 is 0 Å². The van der Waals surface area contributed by atoms with Gasteiger partial charge < -0.3 is 9.47 Å². The molecule has 0 saturated heterocycles. The van der Waals surface area contributed by atoms with E-state index < -0.39 is 0 Å². The highest BCUT2D eigenvalue weighted by Crippen LogP contribution is 2.26. The van der Waals surface area contributed by atoms with E-state index in [2.05, 4.69) is 16.5 Å². The van der Waals surface area contributed by atoms with E-state index in [1.54, 1.807) is 0 Å². The van der Waals surface area contributed by atoms with Gasteiger partial charge in [-0.15, -0.1) is 0 Å². The lowest BCUT2D eigenvalue weighted by atomic mass is 10.3. The minimum atomic E-state index is 0.181. The fourth-order valence-electron chi connectivity index (χ4n) is 2.48. The number of nitrogens with zero attached hydrogens (tertiary/aromatic N) is 3. The van der Waals surface area contributed by atoms with Crippen molar-refractivity contribution in [2.24, 2.45) is 0 Å². The second-order valence-corrected chi connectivity index (χ2v) is 5.19. The van der Waals surface area contributed by atoms with E-state index in [1.165, 1.54) is 0 Å². The summed E-state index contributed by atoms with van der Waals surface area (Å²) in [7, 11) is 1.91. The monoisotopic (exact) mass is 257 g/mol. The van der Waals surface area contributed by atoms with E-state index in [9.17, 15) is 4.79 Å². The number of fused-ring (bicyclic) bond motifs is 1. The Kier molecular flexibility index (Phi) is 3.01. The molecule has 1 aromatic heterocycles. The number of likely N-dealkylation sites (N-methyl/N-ethyl adjacent to an activating group) is 1. The average molecular weight is 257 g/mol. The van der Waals surface area contributed by atoms with Crippen LogP contribution in [0.4, 0.5) is 0 Å². The van der Waals surface area contributed by atoms with Gasteiger partial charge in [0, 0.05) is 19.5 Å². The number of benzene rings is 1. The van der Waals surface area contributed by atoms with Gasteiger partial charge in [-0.2, -0.15) is 0 Å². The Morgan fingerprint density at radius 2 is 2.16 bits per heavy atom. The SMILES string of the molecule is CCc1nc2ccccc2n1CC(=O)N(C)C1CC1. The van der Waals surface area contributed by atoms with Crippen molar-refractivity contribution in [1.29, 1.82) is 0 Å². The standard InChI is InChI=1S/C15H19N3O/c1-3-14-16-12-6-4-5-7-13(12)18(14)10-15(19)17(2)11-8-9-11/h4-7,11H,3,8-10H2,1-2H3. The van der Waals surface area contributed by atoms with Crippen LogP contribution in [-0.4, -0.2) is 33.4 Å². The molecule has 0 radical (unpaired) electrons. The lowest BCUT2D eigenvalue weighted by Gasteiger charge is -2.17. The molecule has 1 saturated carbocycles. The van der Waals surface area contributed by atoms with Crippen molar-refractivity contribution in [3.8, 4) is 0 Å². The summed E-state index contributed by atoms with van der Waals surface area (Å²) >= 11 is 0. The first-order valence-electron chi connectivity index (χ1n) is 6.90. The molecule has 3 rings (SSSR count). The maximum atomic E-state index is 12.3. The molecule has 2 aromatic rings. The molecule has 1 amide bonds. The zero-order chi connectivity index (χ0) is 13.4. The molecule has 100 valence electrons. The molecule has 0 unspecified atom stereocenters. The number of aryl methyl sites for hydroxylation is 1. The Morgan fingerprint density at radius 3 is 2.84 bits per heavy atom. The minimum absolute atomic E-state index is 0.181. The Balaban J connectivity index is 1.92. The van der Waals surface area contributed by atoms with Gasteiger partial charge in [-0.1, -0.05) is 19.1 Å². The van der Waals surface area contributed by atoms with Gasteiger partial charge in [0.15, 0.2) is 0 Å². The summed E-state index contributed by atoms with van der Waals surface area (Å²) in [5.41, 5.74) is 2.03. The zero-order valence-corrected chi connectivity index (χ0v) is 11.5. The van der Waals surface area contributed by atoms with Gasteiger partial charge in [-0.25, -0.2) is 4.98 Å². The van der Waals surface area contributed by atoms with Crippen molar-refractivity contribution in [3.63, 3.8) is 0 Å². The molecule has 0 N–H and O–H groups in total. The van der Waals surface area contributed by atoms with Crippen LogP contribution in [0.2, 0.25) is 0 Å². The Bertz CT molecular complexity index is 613. The molecule has 0 aliphatic heterocycles. The van der Waals surface area contributed by atoms with Crippen LogP contribution in [0.15, 0.2) is 24.3 Å². The van der Waals surface area contributed by atoms with Gasteiger partial charge in [-0.05, 0) is 25.0 Å². The summed E-state index contributed by atoms with van der Waals surface area (Å²) in [5.74, 6) is 1.17. The second kappa shape index (κ2) is 4.68. The molecule has 1 heterocycles. The first kappa shape index (κ1) is 12.2. The molecule has 4 heteroatoms. The summed E-state index contributed by atoms with van der Waals surface area (Å²) in [6.45, 7) is 2.48. The molecule has 4 nitrogen and oxygen atoms in total. The highest BCUT2D eigenvalue weighted by molar-refractivity contribution is 5.81. The summed E-state index contributed by atoms with van der Waals surface area (Å²) in [6.07, 6.45) is 3.14. The number of carbonyl (C=O) groups is 1. The lowest BCUT2D eigenvalue weighted by molar-refractivity contribution is -0.131. The maximum Gasteiger partial charge on any atom is 0.242 e. The minimum Gasteiger partial charge on any atom is -0.341 e. The van der Waals surface area contributed by atoms with Crippen molar-refractivity contribution in [2.75, 3.05) is 7.05 Å². The first-order valence-corrected chi connectivity index (χ1v) is 6.90. The second-order valence-electron chi connectivity index (χ2n) is 5.19. The van der Waals surface area contributed by atoms with Crippen LogP contribution in [0, 0.1) is 0 Å². The van der Waals surface area contributed by atoms with Crippen LogP contribution in [0.25, 0.3) is 11.0 Å². The molecule has 1 fully saturated rings. The molecular weight excluding hydrogens is 238 g/mol. The smallest absolute Gasteiger partial charge is 0.242 e. The van der Waals surface area contributed by atoms with Crippen molar-refractivity contribution < 1.29 is 4.79 Å². The summed E-state index contributed by atoms with van der Waals surface area (Å²) in [4.78, 5) is 18.8. The van der Waals surface area contributed by atoms with Crippen LogP contribution in [0.5, 0.6) is 0 Å². The molecular formula is C15H19N3O. The predicted molar refractivity (Wildman–Crippen MR) is 74.9 cm³/mol. The van der Waals surface area contributed by atoms with Crippen LogP contribution in [0.1, 0.15) is 25.6 Å². The van der Waals surface area contributed by atoms with Crippen molar-refractivity contribution in [2.45, 2.75) is 38.8 Å². The molecule has 0 bridgehead atoms. The van der Waals surface area contributed by atoms with Gasteiger partial charge in [0.1, 0.15) is 12.4 Å². The molecule has 1 aliphatic carbocycles. The predicted octanol–water partition coefficient (Wildman–Crippen LogP) is 2.22. The number of amides is 1. The third-order valence-electron chi connectivity index (χ3n) is 3.83. The van der Waals surface area contributed by atoms with E-state index >= 15 is 0 Å². The molecule has 0 atom stereocenters. The van der Waals surface area contributed by atoms with Gasteiger partial charge in [-0.3, -0.25) is 4.79 Å². The maximum absolute atomic E-state index is 12.3. The lowest BCUT2D eigenvalue weighted by Crippen LogP contribution is -2.32. The number of rotatable bonds is 4. The van der Waals surface area contributed by atoms with E-state index in [0.717, 1.165) is 36.1 Å². The van der Waals surface area contributed by atoms with Crippen LogP contribution in [-0.2, 0) is 17.8 Å². The van der Waals surface area contributed by atoms with Gasteiger partial charge in [0.2, 0.25) is 5.91 Å². The molecule has 0 spiro atoms. The van der Waals surface area contributed by atoms with Crippen LogP contribution in [0.3, 0.4) is 0 Å². The van der Waals surface area contributed by atoms with Gasteiger partial charge >= 0.3 is 0 Å². The number of imidazole rings is 1. The quantitative estimate of drug-likeness (QED) is 0.842. The number of para-hydroxylation sites is 2. The van der Waals surface area contributed by atoms with E-state index in [4.69, 9.17) is 0 Å². The Morgan fingerprint density at radius 1 is 1.42 bits per heavy atom. The van der Waals surface area contributed by atoms with Crippen molar-refractivity contribution >= 4 is 16.9 Å². The molecule has 1 aromatic carbocycles. The topological polar surface area (TPSA) is 38.1 Å². The fraction of sp³-hybridized carbons (Fsp3) is 0.467. The normalized spacial score (nSPS) is 14.8. The highest BCUT2D eigenvalue weighted by Gasteiger charge is 2.29. The first-order chi connectivity index (χ1) is 9.20. The zero-order valence-electron chi connectivity index (χ0n) is 11.5. The van der Waals surface area contributed by atoms with Crippen molar-refractivity contribution in [1.82, 2.24) is 14.5 Å². The largest absolute Gasteiger partial charge is 0.341 e. The average Bonchev–Trinajstić information content (AvgIpc) is 3.22. The Labute approximate surface area is 113 Å². The number of carbonyl (C=O) groups excluding carboxylic acids is 1. The summed E-state index contributed by atoms with van der Waals surface area (Å²) < 4.78 is 2.05. The summed E-state index contributed by atoms with van der Waals surface area (Å²) in [6, 6.07) is 8.48. The van der Waals surface area contributed by atoms with Crippen molar-refractivity contribution in [3.05, 3.63) is 30.1 Å².